The van der Waals surface area contributed by atoms with E-state index in [1.807, 2.05) is 11.0 Å². The Bertz CT molecular complexity index is 1590. The lowest BCUT2D eigenvalue weighted by molar-refractivity contribution is -0.126. The van der Waals surface area contributed by atoms with Gasteiger partial charge in [0, 0.05) is 68.1 Å². The molecule has 2 fully saturated rings. The number of aromatic nitrogens is 1. The van der Waals surface area contributed by atoms with Gasteiger partial charge in [0.05, 0.1) is 22.3 Å². The number of rotatable bonds is 5. The zero-order valence-corrected chi connectivity index (χ0v) is 22.2. The first-order valence-corrected chi connectivity index (χ1v) is 13.2. The minimum atomic E-state index is -0.434. The van der Waals surface area contributed by atoms with E-state index in [4.69, 9.17) is 21.3 Å². The maximum atomic E-state index is 16.5. The highest BCUT2D eigenvalue weighted by atomic mass is 35.5. The number of pyridine rings is 1. The van der Waals surface area contributed by atoms with Gasteiger partial charge in [-0.05, 0) is 42.0 Å². The largest absolute Gasteiger partial charge is 0.378 e. The molecule has 0 saturated carbocycles. The second-order valence-electron chi connectivity index (χ2n) is 9.86. The quantitative estimate of drug-likeness (QED) is 0.238. The van der Waals surface area contributed by atoms with Crippen molar-refractivity contribution >= 4 is 50.7 Å². The zero-order valence-electron chi connectivity index (χ0n) is 21.5. The lowest BCUT2D eigenvalue weighted by atomic mass is 9.98. The van der Waals surface area contributed by atoms with E-state index >= 15 is 4.39 Å². The van der Waals surface area contributed by atoms with Gasteiger partial charge in [0.1, 0.15) is 11.6 Å². The Labute approximate surface area is 230 Å². The number of piperazine rings is 1. The predicted molar refractivity (Wildman–Crippen MR) is 152 cm³/mol. The van der Waals surface area contributed by atoms with Crippen molar-refractivity contribution in [1.82, 2.24) is 9.88 Å². The molecule has 0 radical (unpaired) electrons. The molecule has 1 amide bonds. The normalized spacial score (nSPS) is 16.2. The van der Waals surface area contributed by atoms with Crippen molar-refractivity contribution in [2.24, 2.45) is 0 Å². The van der Waals surface area contributed by atoms with Crippen LogP contribution in [-0.4, -0.2) is 68.3 Å². The third kappa shape index (κ3) is 4.37. The van der Waals surface area contributed by atoms with E-state index in [-0.39, 0.29) is 23.4 Å². The van der Waals surface area contributed by atoms with Crippen LogP contribution >= 0.6 is 11.6 Å². The molecule has 0 aliphatic carbocycles. The molecule has 200 valence electrons. The van der Waals surface area contributed by atoms with Crippen molar-refractivity contribution in [3.05, 3.63) is 77.8 Å². The molecule has 39 heavy (non-hydrogen) atoms. The summed E-state index contributed by atoms with van der Waals surface area (Å²) in [4.78, 5) is 22.7. The first-order chi connectivity index (χ1) is 18.9. The highest BCUT2D eigenvalue weighted by molar-refractivity contribution is 6.33. The molecule has 6 nitrogen and oxygen atoms in total. The van der Waals surface area contributed by atoms with Gasteiger partial charge in [-0.1, -0.05) is 36.4 Å². The summed E-state index contributed by atoms with van der Waals surface area (Å²) in [7, 11) is 1.67. The number of benzene rings is 3. The fourth-order valence-corrected chi connectivity index (χ4v) is 5.77. The van der Waals surface area contributed by atoms with Crippen molar-refractivity contribution in [3.63, 3.8) is 0 Å². The summed E-state index contributed by atoms with van der Waals surface area (Å²) in [5, 5.41) is 2.09. The SMILES string of the molecule is C=CC(=O)N1CCN(c2ccc3c(N4CC(OC)C4)nc4cc(-c5c(F)cccc5Cl)ccc4c3c2F)CC1. The lowest BCUT2D eigenvalue weighted by Gasteiger charge is -2.40. The number of nitrogens with zero attached hydrogens (tertiary/aromatic N) is 4. The van der Waals surface area contributed by atoms with Crippen LogP contribution in [0, 0.1) is 11.6 Å². The topological polar surface area (TPSA) is 48.9 Å². The number of amides is 1. The Hall–Kier alpha value is -3.75. The average Bonchev–Trinajstić information content (AvgIpc) is 2.92. The van der Waals surface area contributed by atoms with Gasteiger partial charge in [-0.3, -0.25) is 4.79 Å². The number of methoxy groups -OCH3 is 1. The van der Waals surface area contributed by atoms with Gasteiger partial charge in [-0.15, -0.1) is 0 Å². The number of hydrogen-bond acceptors (Lipinski definition) is 5. The van der Waals surface area contributed by atoms with Crippen LogP contribution in [0.4, 0.5) is 20.3 Å². The Morgan fingerprint density at radius 3 is 2.49 bits per heavy atom. The van der Waals surface area contributed by atoms with Crippen LogP contribution in [0.1, 0.15) is 0 Å². The Morgan fingerprint density at radius 1 is 1.05 bits per heavy atom. The molecule has 0 unspecified atom stereocenters. The number of fused-ring (bicyclic) bond motifs is 3. The first-order valence-electron chi connectivity index (χ1n) is 12.8. The monoisotopic (exact) mass is 548 g/mol. The number of carbonyl (C=O) groups is 1. The summed E-state index contributed by atoms with van der Waals surface area (Å²) in [6, 6.07) is 13.6. The van der Waals surface area contributed by atoms with Crippen LogP contribution in [-0.2, 0) is 9.53 Å². The van der Waals surface area contributed by atoms with Gasteiger partial charge in [-0.25, -0.2) is 13.8 Å². The molecule has 3 aromatic carbocycles. The van der Waals surface area contributed by atoms with Crippen molar-refractivity contribution in [1.29, 1.82) is 0 Å². The molecule has 6 rings (SSSR count). The van der Waals surface area contributed by atoms with E-state index in [1.54, 1.807) is 48.4 Å². The van der Waals surface area contributed by atoms with E-state index in [1.165, 1.54) is 12.1 Å². The maximum Gasteiger partial charge on any atom is 0.246 e. The van der Waals surface area contributed by atoms with Gasteiger partial charge < -0.3 is 19.4 Å². The van der Waals surface area contributed by atoms with Crippen LogP contribution in [0.15, 0.2) is 61.2 Å². The molecule has 2 saturated heterocycles. The van der Waals surface area contributed by atoms with Gasteiger partial charge in [-0.2, -0.15) is 0 Å². The number of ether oxygens (including phenoxy) is 1. The number of anilines is 2. The van der Waals surface area contributed by atoms with E-state index < -0.39 is 5.82 Å². The molecule has 0 N–H and O–H groups in total. The molecule has 4 aromatic rings. The summed E-state index contributed by atoms with van der Waals surface area (Å²) >= 11 is 6.35. The van der Waals surface area contributed by atoms with E-state index in [0.29, 0.717) is 83.0 Å². The van der Waals surface area contributed by atoms with Gasteiger partial charge in [0.15, 0.2) is 5.82 Å². The minimum Gasteiger partial charge on any atom is -0.378 e. The highest BCUT2D eigenvalue weighted by Gasteiger charge is 2.31. The van der Waals surface area contributed by atoms with E-state index in [9.17, 15) is 9.18 Å². The average molecular weight is 549 g/mol. The Balaban J connectivity index is 1.49. The summed E-state index contributed by atoms with van der Waals surface area (Å²) in [6.45, 7) is 6.85. The molecule has 1 aromatic heterocycles. The molecule has 2 aliphatic rings. The van der Waals surface area contributed by atoms with Crippen molar-refractivity contribution in [2.45, 2.75) is 6.10 Å². The molecule has 0 spiro atoms. The first kappa shape index (κ1) is 25.5. The second-order valence-corrected chi connectivity index (χ2v) is 10.3. The van der Waals surface area contributed by atoms with E-state index in [2.05, 4.69) is 11.5 Å². The summed E-state index contributed by atoms with van der Waals surface area (Å²) in [6.07, 6.45) is 1.39. The molecule has 9 heteroatoms. The Morgan fingerprint density at radius 2 is 1.79 bits per heavy atom. The summed E-state index contributed by atoms with van der Waals surface area (Å²) in [5.74, 6) is -0.235. The van der Waals surface area contributed by atoms with Crippen LogP contribution < -0.4 is 9.80 Å². The highest BCUT2D eigenvalue weighted by Crippen LogP contribution is 2.40. The second kappa shape index (κ2) is 10.1. The predicted octanol–water partition coefficient (Wildman–Crippen LogP) is 5.66. The Kier molecular flexibility index (Phi) is 6.61. The molecule has 3 heterocycles. The van der Waals surface area contributed by atoms with Crippen LogP contribution in [0.2, 0.25) is 5.02 Å². The molecule has 0 bridgehead atoms. The summed E-state index contributed by atoms with van der Waals surface area (Å²) < 4.78 is 36.7. The molecule has 2 aliphatic heterocycles. The zero-order chi connectivity index (χ0) is 27.3. The molecular weight excluding hydrogens is 522 g/mol. The van der Waals surface area contributed by atoms with E-state index in [0.717, 1.165) is 0 Å². The fraction of sp³-hybridized carbons (Fsp3) is 0.267. The molecule has 0 atom stereocenters. The maximum absolute atomic E-state index is 16.5. The third-order valence-electron chi connectivity index (χ3n) is 7.69. The van der Waals surface area contributed by atoms with Gasteiger partial charge in [0.2, 0.25) is 5.91 Å². The van der Waals surface area contributed by atoms with Crippen molar-refractivity contribution in [2.75, 3.05) is 56.2 Å². The van der Waals surface area contributed by atoms with Crippen molar-refractivity contribution < 1.29 is 18.3 Å². The standard InChI is InChI=1S/C30H27ClF2N4O2/c1-3-26(38)36-13-11-35(12-14-36)25-10-9-21-28(29(25)33)20-8-7-18(27-22(31)5-4-6-23(27)32)15-24(20)34-30(21)37-16-19(17-37)39-2/h3-10,15,19H,1,11-14,16-17H2,2H3. The lowest BCUT2D eigenvalue weighted by Crippen LogP contribution is -2.52. The smallest absolute Gasteiger partial charge is 0.246 e. The van der Waals surface area contributed by atoms with Crippen LogP contribution in [0.25, 0.3) is 32.8 Å². The van der Waals surface area contributed by atoms with Crippen LogP contribution in [0.3, 0.4) is 0 Å². The third-order valence-corrected chi connectivity index (χ3v) is 8.01. The van der Waals surface area contributed by atoms with Crippen molar-refractivity contribution in [3.8, 4) is 11.1 Å². The molecular formula is C30H27ClF2N4O2. The number of carbonyl (C=O) groups excluding carboxylic acids is 1. The number of halogens is 3. The van der Waals surface area contributed by atoms with Crippen LogP contribution in [0.5, 0.6) is 0 Å². The number of hydrogen-bond donors (Lipinski definition) is 0. The fourth-order valence-electron chi connectivity index (χ4n) is 5.50. The van der Waals surface area contributed by atoms with Gasteiger partial charge in [0.25, 0.3) is 0 Å². The minimum absolute atomic E-state index is 0.0831. The summed E-state index contributed by atoms with van der Waals surface area (Å²) in [5.41, 5.74) is 1.88. The van der Waals surface area contributed by atoms with Gasteiger partial charge >= 0.3 is 0 Å².